The molecule has 8 nitrogen and oxygen atoms in total. The Morgan fingerprint density at radius 2 is 1.81 bits per heavy atom. The molecule has 0 aliphatic carbocycles. The summed E-state index contributed by atoms with van der Waals surface area (Å²) in [5.41, 5.74) is 3.77. The molecule has 2 aromatic carbocycles. The van der Waals surface area contributed by atoms with Crippen molar-refractivity contribution in [2.75, 3.05) is 19.5 Å². The van der Waals surface area contributed by atoms with Crippen molar-refractivity contribution >= 4 is 40.2 Å². The molecule has 0 atom stereocenters. The number of thiocarbonyl (C=S) groups is 1. The smallest absolute Gasteiger partial charge is 0.264 e. The SMILES string of the molecule is COc1cccc(OC)c1C(=O)NC(=S)Nc1cc(-c2nc3ncccc3o2)ccc1C. The molecular formula is C23H20N4O4S. The Kier molecular flexibility index (Phi) is 6.00. The van der Waals surface area contributed by atoms with Crippen molar-refractivity contribution in [3.05, 3.63) is 65.9 Å². The monoisotopic (exact) mass is 448 g/mol. The lowest BCUT2D eigenvalue weighted by Gasteiger charge is -2.15. The predicted octanol–water partition coefficient (Wildman–Crippen LogP) is 4.34. The molecule has 4 rings (SSSR count). The molecule has 2 aromatic heterocycles. The number of nitrogens with zero attached hydrogens (tertiary/aromatic N) is 2. The molecule has 0 fully saturated rings. The average Bonchev–Trinajstić information content (AvgIpc) is 3.24. The molecule has 4 aromatic rings. The number of aromatic nitrogens is 2. The van der Waals surface area contributed by atoms with Crippen LogP contribution >= 0.6 is 12.2 Å². The van der Waals surface area contributed by atoms with E-state index in [1.54, 1.807) is 30.5 Å². The topological polar surface area (TPSA) is 98.5 Å². The van der Waals surface area contributed by atoms with Crippen molar-refractivity contribution in [2.24, 2.45) is 0 Å². The standard InChI is InChI=1S/C23H20N4O4S/c1-13-9-10-14(22-26-20-18(31-22)8-5-11-24-20)12-15(13)25-23(32)27-21(28)19-16(29-2)6-4-7-17(19)30-3/h4-12H,1-3H3,(H2,25,27,28,32). The number of pyridine rings is 1. The molecule has 0 saturated carbocycles. The summed E-state index contributed by atoms with van der Waals surface area (Å²) in [6, 6.07) is 14.3. The quantitative estimate of drug-likeness (QED) is 0.435. The Balaban J connectivity index is 1.55. The lowest BCUT2D eigenvalue weighted by molar-refractivity contribution is 0.0971. The predicted molar refractivity (Wildman–Crippen MR) is 125 cm³/mol. The highest BCUT2D eigenvalue weighted by molar-refractivity contribution is 7.80. The van der Waals surface area contributed by atoms with Gasteiger partial charge in [0.15, 0.2) is 16.3 Å². The van der Waals surface area contributed by atoms with Crippen LogP contribution in [0.2, 0.25) is 0 Å². The third-order valence-electron chi connectivity index (χ3n) is 4.78. The van der Waals surface area contributed by atoms with Crippen LogP contribution in [0.3, 0.4) is 0 Å². The molecule has 32 heavy (non-hydrogen) atoms. The molecule has 9 heteroatoms. The molecule has 2 heterocycles. The Morgan fingerprint density at radius 3 is 2.50 bits per heavy atom. The van der Waals surface area contributed by atoms with Crippen molar-refractivity contribution < 1.29 is 18.7 Å². The van der Waals surface area contributed by atoms with Crippen LogP contribution in [0, 0.1) is 6.92 Å². The van der Waals surface area contributed by atoms with Gasteiger partial charge in [-0.25, -0.2) is 4.98 Å². The fourth-order valence-electron chi connectivity index (χ4n) is 3.18. The highest BCUT2D eigenvalue weighted by Crippen LogP contribution is 2.29. The van der Waals surface area contributed by atoms with Crippen LogP contribution in [0.4, 0.5) is 5.69 Å². The van der Waals surface area contributed by atoms with E-state index in [1.807, 2.05) is 31.2 Å². The van der Waals surface area contributed by atoms with Crippen LogP contribution in [0.1, 0.15) is 15.9 Å². The van der Waals surface area contributed by atoms with E-state index in [0.29, 0.717) is 34.3 Å². The number of fused-ring (bicyclic) bond motifs is 1. The van der Waals surface area contributed by atoms with Crippen molar-refractivity contribution in [3.63, 3.8) is 0 Å². The largest absolute Gasteiger partial charge is 0.496 e. The van der Waals surface area contributed by atoms with E-state index >= 15 is 0 Å². The number of hydrogen-bond donors (Lipinski definition) is 2. The zero-order chi connectivity index (χ0) is 22.7. The van der Waals surface area contributed by atoms with E-state index < -0.39 is 5.91 Å². The Bertz CT molecular complexity index is 1260. The maximum absolute atomic E-state index is 12.8. The maximum atomic E-state index is 12.8. The minimum atomic E-state index is -0.448. The summed E-state index contributed by atoms with van der Waals surface area (Å²) in [6.07, 6.45) is 1.66. The van der Waals surface area contributed by atoms with Crippen LogP contribution in [0.25, 0.3) is 22.7 Å². The molecule has 0 saturated heterocycles. The van der Waals surface area contributed by atoms with Crippen molar-refractivity contribution in [2.45, 2.75) is 6.92 Å². The number of amides is 1. The zero-order valence-electron chi connectivity index (χ0n) is 17.6. The molecule has 1 amide bonds. The minimum absolute atomic E-state index is 0.127. The van der Waals surface area contributed by atoms with Crippen molar-refractivity contribution in [1.82, 2.24) is 15.3 Å². The Hall–Kier alpha value is -3.98. The van der Waals surface area contributed by atoms with Crippen LogP contribution in [0.5, 0.6) is 11.5 Å². The summed E-state index contributed by atoms with van der Waals surface area (Å²) in [7, 11) is 2.97. The molecular weight excluding hydrogens is 428 g/mol. The lowest BCUT2D eigenvalue weighted by atomic mass is 10.1. The number of oxazole rings is 1. The zero-order valence-corrected chi connectivity index (χ0v) is 18.4. The number of ether oxygens (including phenoxy) is 2. The Morgan fingerprint density at radius 1 is 1.06 bits per heavy atom. The molecule has 0 radical (unpaired) electrons. The number of hydrogen-bond acceptors (Lipinski definition) is 7. The van der Waals surface area contributed by atoms with Crippen LogP contribution in [-0.2, 0) is 0 Å². The van der Waals surface area contributed by atoms with Gasteiger partial charge in [-0.2, -0.15) is 4.98 Å². The number of nitrogens with one attached hydrogen (secondary N) is 2. The maximum Gasteiger partial charge on any atom is 0.264 e. The highest BCUT2D eigenvalue weighted by atomic mass is 32.1. The number of aryl methyl sites for hydroxylation is 1. The summed E-state index contributed by atoms with van der Waals surface area (Å²) in [6.45, 7) is 1.92. The van der Waals surface area contributed by atoms with Crippen LogP contribution in [0.15, 0.2) is 59.1 Å². The van der Waals surface area contributed by atoms with E-state index in [1.165, 1.54) is 14.2 Å². The van der Waals surface area contributed by atoms with Crippen LogP contribution < -0.4 is 20.1 Å². The number of rotatable bonds is 5. The number of benzene rings is 2. The highest BCUT2D eigenvalue weighted by Gasteiger charge is 2.19. The first-order valence-corrected chi connectivity index (χ1v) is 10.1. The van der Waals surface area contributed by atoms with Gasteiger partial charge in [0.1, 0.15) is 17.1 Å². The summed E-state index contributed by atoms with van der Waals surface area (Å²) in [4.78, 5) is 21.5. The molecule has 162 valence electrons. The summed E-state index contributed by atoms with van der Waals surface area (Å²) < 4.78 is 16.4. The van der Waals surface area contributed by atoms with Gasteiger partial charge < -0.3 is 19.2 Å². The van der Waals surface area contributed by atoms with Gasteiger partial charge in [-0.05, 0) is 61.1 Å². The third kappa shape index (κ3) is 4.23. The normalized spacial score (nSPS) is 10.6. The van der Waals surface area contributed by atoms with E-state index in [0.717, 1.165) is 11.1 Å². The second kappa shape index (κ2) is 9.03. The first-order valence-electron chi connectivity index (χ1n) is 9.66. The van der Waals surface area contributed by atoms with Crippen molar-refractivity contribution in [3.8, 4) is 23.0 Å². The first kappa shape index (κ1) is 21.3. The van der Waals surface area contributed by atoms with E-state index in [9.17, 15) is 4.79 Å². The minimum Gasteiger partial charge on any atom is -0.496 e. The van der Waals surface area contributed by atoms with Gasteiger partial charge in [-0.1, -0.05) is 12.1 Å². The number of anilines is 1. The average molecular weight is 449 g/mol. The van der Waals surface area contributed by atoms with Gasteiger partial charge >= 0.3 is 0 Å². The third-order valence-corrected chi connectivity index (χ3v) is 4.98. The molecule has 0 aliphatic rings. The number of carbonyl (C=O) groups is 1. The molecule has 0 bridgehead atoms. The van der Waals surface area contributed by atoms with E-state index in [-0.39, 0.29) is 10.7 Å². The van der Waals surface area contributed by atoms with Gasteiger partial charge in [-0.3, -0.25) is 10.1 Å². The van der Waals surface area contributed by atoms with E-state index in [2.05, 4.69) is 20.6 Å². The van der Waals surface area contributed by atoms with Gasteiger partial charge in [0.05, 0.1) is 14.2 Å². The number of carbonyl (C=O) groups excluding carboxylic acids is 1. The summed E-state index contributed by atoms with van der Waals surface area (Å²) >= 11 is 5.37. The van der Waals surface area contributed by atoms with Gasteiger partial charge in [0, 0.05) is 17.4 Å². The van der Waals surface area contributed by atoms with Gasteiger partial charge in [0.2, 0.25) is 5.89 Å². The first-order chi connectivity index (χ1) is 15.5. The Labute approximate surface area is 189 Å². The second-order valence-electron chi connectivity index (χ2n) is 6.82. The number of methoxy groups -OCH3 is 2. The van der Waals surface area contributed by atoms with Crippen LogP contribution in [-0.4, -0.2) is 35.2 Å². The second-order valence-corrected chi connectivity index (χ2v) is 7.23. The lowest BCUT2D eigenvalue weighted by Crippen LogP contribution is -2.34. The fourth-order valence-corrected chi connectivity index (χ4v) is 3.38. The summed E-state index contributed by atoms with van der Waals surface area (Å²) in [5, 5.41) is 5.86. The van der Waals surface area contributed by atoms with Gasteiger partial charge in [0.25, 0.3) is 5.91 Å². The molecule has 0 aliphatic heterocycles. The molecule has 0 unspecified atom stereocenters. The van der Waals surface area contributed by atoms with Crippen molar-refractivity contribution in [1.29, 1.82) is 0 Å². The van der Waals surface area contributed by atoms with E-state index in [4.69, 9.17) is 26.1 Å². The van der Waals surface area contributed by atoms with Gasteiger partial charge in [-0.15, -0.1) is 0 Å². The molecule has 2 N–H and O–H groups in total. The summed E-state index contributed by atoms with van der Waals surface area (Å²) in [5.74, 6) is 0.755. The molecule has 0 spiro atoms. The fraction of sp³-hybridized carbons (Fsp3) is 0.130.